The highest BCUT2D eigenvalue weighted by atomic mass is 79.9. The molecule has 0 bridgehead atoms. The zero-order valence-corrected chi connectivity index (χ0v) is 12.8. The van der Waals surface area contributed by atoms with Gasteiger partial charge in [0.1, 0.15) is 10.7 Å². The first-order valence-corrected chi connectivity index (χ1v) is 8.15. The van der Waals surface area contributed by atoms with E-state index in [2.05, 4.69) is 32.9 Å². The Morgan fingerprint density at radius 3 is 2.72 bits per heavy atom. The van der Waals surface area contributed by atoms with Crippen LogP contribution in [0.4, 0.5) is 0 Å². The Bertz CT molecular complexity index is 520. The van der Waals surface area contributed by atoms with E-state index in [1.54, 1.807) is 13.1 Å². The van der Waals surface area contributed by atoms with Crippen LogP contribution < -0.4 is 10.0 Å². The Labute approximate surface area is 116 Å². The summed E-state index contributed by atoms with van der Waals surface area (Å²) in [4.78, 5) is 0.173. The Morgan fingerprint density at radius 1 is 1.50 bits per heavy atom. The summed E-state index contributed by atoms with van der Waals surface area (Å²) in [5, 5.41) is 2.92. The van der Waals surface area contributed by atoms with Crippen LogP contribution in [0.5, 0.6) is 0 Å². The molecule has 1 aliphatic rings. The van der Waals surface area contributed by atoms with Crippen molar-refractivity contribution >= 4 is 26.0 Å². The van der Waals surface area contributed by atoms with Crippen LogP contribution in [0.3, 0.4) is 0 Å². The third-order valence-electron chi connectivity index (χ3n) is 3.04. The van der Waals surface area contributed by atoms with Crippen LogP contribution in [0.25, 0.3) is 0 Å². The predicted octanol–water partition coefficient (Wildman–Crippen LogP) is 1.84. The smallest absolute Gasteiger partial charge is 0.245 e. The lowest BCUT2D eigenvalue weighted by Crippen LogP contribution is -2.43. The standard InChI is InChI=1S/C11H17BrN2O3S/c1-7-3-8(4-7)14-18(15,16)10-5-9(6-13-2)17-11(10)12/h5,7-8,13-14H,3-4,6H2,1-2H3. The van der Waals surface area contributed by atoms with Crippen molar-refractivity contribution in [3.05, 3.63) is 16.5 Å². The molecule has 0 spiro atoms. The van der Waals surface area contributed by atoms with Gasteiger partial charge in [-0.3, -0.25) is 0 Å². The summed E-state index contributed by atoms with van der Waals surface area (Å²) in [6.45, 7) is 2.61. The van der Waals surface area contributed by atoms with Crippen molar-refractivity contribution in [2.75, 3.05) is 7.05 Å². The van der Waals surface area contributed by atoms with Gasteiger partial charge in [-0.15, -0.1) is 0 Å². The van der Waals surface area contributed by atoms with Crippen LogP contribution in [-0.2, 0) is 16.6 Å². The highest BCUT2D eigenvalue weighted by Crippen LogP contribution is 2.30. The average Bonchev–Trinajstić information content (AvgIpc) is 2.58. The number of hydrogen-bond acceptors (Lipinski definition) is 4. The predicted molar refractivity (Wildman–Crippen MR) is 71.7 cm³/mol. The molecule has 0 atom stereocenters. The number of furan rings is 1. The van der Waals surface area contributed by atoms with E-state index in [0.29, 0.717) is 18.2 Å². The number of nitrogens with one attached hydrogen (secondary N) is 2. The molecular weight excluding hydrogens is 320 g/mol. The minimum atomic E-state index is -3.49. The molecule has 2 N–H and O–H groups in total. The summed E-state index contributed by atoms with van der Waals surface area (Å²) in [6, 6.07) is 1.60. The van der Waals surface area contributed by atoms with Crippen LogP contribution in [0, 0.1) is 5.92 Å². The SMILES string of the molecule is CNCc1cc(S(=O)(=O)NC2CC(C)C2)c(Br)o1. The molecule has 1 aromatic rings. The van der Waals surface area contributed by atoms with Gasteiger partial charge >= 0.3 is 0 Å². The van der Waals surface area contributed by atoms with Gasteiger partial charge in [0.15, 0.2) is 4.67 Å². The van der Waals surface area contributed by atoms with Gasteiger partial charge < -0.3 is 9.73 Å². The molecule has 5 nitrogen and oxygen atoms in total. The third kappa shape index (κ3) is 2.96. The van der Waals surface area contributed by atoms with E-state index in [1.165, 1.54) is 0 Å². The molecule has 7 heteroatoms. The number of halogens is 1. The van der Waals surface area contributed by atoms with Crippen molar-refractivity contribution in [2.24, 2.45) is 5.92 Å². The Kier molecular flexibility index (Phi) is 4.15. The van der Waals surface area contributed by atoms with Crippen LogP contribution in [-0.4, -0.2) is 21.5 Å². The summed E-state index contributed by atoms with van der Waals surface area (Å²) in [5.74, 6) is 1.19. The van der Waals surface area contributed by atoms with Gasteiger partial charge in [0.2, 0.25) is 10.0 Å². The van der Waals surface area contributed by atoms with E-state index in [4.69, 9.17) is 4.42 Å². The summed E-state index contributed by atoms with van der Waals surface area (Å²) < 4.78 is 32.6. The molecule has 102 valence electrons. The summed E-state index contributed by atoms with van der Waals surface area (Å²) in [7, 11) is -1.71. The van der Waals surface area contributed by atoms with Crippen molar-refractivity contribution in [3.8, 4) is 0 Å². The van der Waals surface area contributed by atoms with Gasteiger partial charge in [0.05, 0.1) is 6.54 Å². The fourth-order valence-electron chi connectivity index (χ4n) is 2.12. The molecule has 1 aromatic heterocycles. The van der Waals surface area contributed by atoms with Crippen molar-refractivity contribution in [1.29, 1.82) is 0 Å². The van der Waals surface area contributed by atoms with E-state index >= 15 is 0 Å². The minimum absolute atomic E-state index is 0.0551. The first kappa shape index (κ1) is 14.0. The van der Waals surface area contributed by atoms with Crippen LogP contribution >= 0.6 is 15.9 Å². The van der Waals surface area contributed by atoms with Gasteiger partial charge in [0, 0.05) is 12.1 Å². The fourth-order valence-corrected chi connectivity index (χ4v) is 4.38. The zero-order valence-electron chi connectivity index (χ0n) is 10.4. The largest absolute Gasteiger partial charge is 0.452 e. The molecule has 0 unspecified atom stereocenters. The molecule has 1 aliphatic carbocycles. The summed E-state index contributed by atoms with van der Waals surface area (Å²) >= 11 is 3.15. The topological polar surface area (TPSA) is 71.3 Å². The molecule has 0 aromatic carbocycles. The molecule has 2 rings (SSSR count). The Balaban J connectivity index is 2.13. The lowest BCUT2D eigenvalue weighted by molar-refractivity contribution is 0.270. The van der Waals surface area contributed by atoms with Crippen LogP contribution in [0.15, 0.2) is 20.0 Å². The molecule has 0 saturated heterocycles. The summed E-state index contributed by atoms with van der Waals surface area (Å²) in [5.41, 5.74) is 0. The molecule has 1 saturated carbocycles. The van der Waals surface area contributed by atoms with Gasteiger partial charge in [-0.2, -0.15) is 0 Å². The van der Waals surface area contributed by atoms with E-state index in [0.717, 1.165) is 12.8 Å². The van der Waals surface area contributed by atoms with Crippen LogP contribution in [0.1, 0.15) is 25.5 Å². The second kappa shape index (κ2) is 5.32. The first-order valence-electron chi connectivity index (χ1n) is 5.87. The van der Waals surface area contributed by atoms with E-state index in [1.807, 2.05) is 0 Å². The zero-order chi connectivity index (χ0) is 13.3. The second-order valence-corrected chi connectivity index (χ2v) is 7.18. The minimum Gasteiger partial charge on any atom is -0.452 e. The Morgan fingerprint density at radius 2 is 2.17 bits per heavy atom. The maximum Gasteiger partial charge on any atom is 0.245 e. The monoisotopic (exact) mass is 336 g/mol. The van der Waals surface area contributed by atoms with Gasteiger partial charge in [-0.25, -0.2) is 13.1 Å². The second-order valence-electron chi connectivity index (χ2n) is 4.78. The highest BCUT2D eigenvalue weighted by Gasteiger charge is 2.31. The first-order chi connectivity index (χ1) is 8.42. The Hall–Kier alpha value is -0.370. The molecule has 0 radical (unpaired) electrons. The lowest BCUT2D eigenvalue weighted by Gasteiger charge is -2.32. The quantitative estimate of drug-likeness (QED) is 0.860. The maximum atomic E-state index is 12.2. The molecular formula is C11H17BrN2O3S. The third-order valence-corrected chi connectivity index (χ3v) is 5.42. The van der Waals surface area contributed by atoms with Crippen molar-refractivity contribution in [2.45, 2.75) is 37.2 Å². The van der Waals surface area contributed by atoms with Crippen molar-refractivity contribution in [3.63, 3.8) is 0 Å². The van der Waals surface area contributed by atoms with E-state index < -0.39 is 10.0 Å². The van der Waals surface area contributed by atoms with Gasteiger partial charge in [-0.1, -0.05) is 6.92 Å². The lowest BCUT2D eigenvalue weighted by atomic mass is 9.83. The normalized spacial score (nSPS) is 23.9. The average molecular weight is 337 g/mol. The van der Waals surface area contributed by atoms with Crippen molar-refractivity contribution in [1.82, 2.24) is 10.0 Å². The molecule has 0 aliphatic heterocycles. The number of rotatable bonds is 5. The van der Waals surface area contributed by atoms with Crippen LogP contribution in [0.2, 0.25) is 0 Å². The molecule has 18 heavy (non-hydrogen) atoms. The van der Waals surface area contributed by atoms with Crippen molar-refractivity contribution < 1.29 is 12.8 Å². The van der Waals surface area contributed by atoms with Gasteiger partial charge in [0.25, 0.3) is 0 Å². The number of hydrogen-bond donors (Lipinski definition) is 2. The maximum absolute atomic E-state index is 12.2. The summed E-state index contributed by atoms with van der Waals surface area (Å²) in [6.07, 6.45) is 1.80. The van der Waals surface area contributed by atoms with E-state index in [9.17, 15) is 8.42 Å². The molecule has 0 amide bonds. The van der Waals surface area contributed by atoms with E-state index in [-0.39, 0.29) is 15.6 Å². The molecule has 1 fully saturated rings. The fraction of sp³-hybridized carbons (Fsp3) is 0.636. The molecule has 1 heterocycles. The highest BCUT2D eigenvalue weighted by molar-refractivity contribution is 9.10. The van der Waals surface area contributed by atoms with Gasteiger partial charge in [-0.05, 0) is 41.7 Å². The number of sulfonamides is 1.